The molecule has 1 aromatic heterocycles. The number of aromatic nitrogens is 2. The van der Waals surface area contributed by atoms with E-state index in [4.69, 9.17) is 0 Å². The lowest BCUT2D eigenvalue weighted by molar-refractivity contribution is -0.117. The largest absolute Gasteiger partial charge is 0.340 e. The molecular weight excluding hydrogens is 278 g/mol. The van der Waals surface area contributed by atoms with Crippen molar-refractivity contribution in [2.45, 2.75) is 25.9 Å². The van der Waals surface area contributed by atoms with Gasteiger partial charge in [0.25, 0.3) is 0 Å². The van der Waals surface area contributed by atoms with E-state index >= 15 is 0 Å². The Morgan fingerprint density at radius 3 is 2.77 bits per heavy atom. The topological polar surface area (TPSA) is 78.9 Å². The average molecular weight is 295 g/mol. The van der Waals surface area contributed by atoms with E-state index in [-0.39, 0.29) is 11.8 Å². The van der Waals surface area contributed by atoms with Crippen LogP contribution in [0.5, 0.6) is 0 Å². The Bertz CT molecular complexity index is 726. The van der Waals surface area contributed by atoms with E-state index in [1.165, 1.54) is 17.5 Å². The molecule has 2 aliphatic rings. The number of hydrogen-bond donors (Lipinski definition) is 3. The van der Waals surface area contributed by atoms with Crippen molar-refractivity contribution in [3.63, 3.8) is 0 Å². The monoisotopic (exact) mass is 295 g/mol. The minimum Gasteiger partial charge on any atom is -0.340 e. The summed E-state index contributed by atoms with van der Waals surface area (Å²) >= 11 is 0. The first kappa shape index (κ1) is 13.2. The van der Waals surface area contributed by atoms with Gasteiger partial charge in [-0.05, 0) is 36.1 Å². The summed E-state index contributed by atoms with van der Waals surface area (Å²) in [6.45, 7) is 1.83. The number of nitrogens with one attached hydrogen (secondary N) is 3. The summed E-state index contributed by atoms with van der Waals surface area (Å²) in [6, 6.07) is 8.04. The van der Waals surface area contributed by atoms with Crippen LogP contribution in [0, 0.1) is 5.92 Å². The summed E-state index contributed by atoms with van der Waals surface area (Å²) in [5.74, 6) is 1.42. The highest BCUT2D eigenvalue weighted by Crippen LogP contribution is 2.30. The lowest BCUT2D eigenvalue weighted by Crippen LogP contribution is -2.14. The molecule has 0 unspecified atom stereocenters. The second-order valence-electron chi connectivity index (χ2n) is 5.76. The predicted molar refractivity (Wildman–Crippen MR) is 83.7 cm³/mol. The van der Waals surface area contributed by atoms with Crippen LogP contribution in [0.25, 0.3) is 0 Å². The van der Waals surface area contributed by atoms with Gasteiger partial charge < -0.3 is 16.0 Å². The van der Waals surface area contributed by atoms with Crippen LogP contribution in [0.4, 0.5) is 17.3 Å². The number of benzene rings is 1. The molecule has 1 fully saturated rings. The molecule has 2 aromatic rings. The van der Waals surface area contributed by atoms with Gasteiger partial charge in [-0.1, -0.05) is 6.07 Å². The van der Waals surface area contributed by atoms with Crippen molar-refractivity contribution in [3.8, 4) is 0 Å². The average Bonchev–Trinajstić information content (AvgIpc) is 3.26. The van der Waals surface area contributed by atoms with E-state index < -0.39 is 0 Å². The van der Waals surface area contributed by atoms with E-state index in [1.807, 2.05) is 6.07 Å². The molecular formula is C16H17N5O. The Hall–Kier alpha value is -2.47. The number of rotatable bonds is 4. The molecule has 0 atom stereocenters. The number of hydrogen-bond acceptors (Lipinski definition) is 5. The maximum atomic E-state index is 11.8. The van der Waals surface area contributed by atoms with Gasteiger partial charge >= 0.3 is 0 Å². The maximum absolute atomic E-state index is 11.8. The highest BCUT2D eigenvalue weighted by Gasteiger charge is 2.29. The zero-order valence-electron chi connectivity index (χ0n) is 12.1. The fourth-order valence-corrected chi connectivity index (χ4v) is 2.59. The van der Waals surface area contributed by atoms with Gasteiger partial charge in [0, 0.05) is 30.8 Å². The van der Waals surface area contributed by atoms with Gasteiger partial charge in [0.2, 0.25) is 5.91 Å². The van der Waals surface area contributed by atoms with Crippen molar-refractivity contribution in [1.29, 1.82) is 0 Å². The maximum Gasteiger partial charge on any atom is 0.228 e. The third-order valence-electron chi connectivity index (χ3n) is 3.98. The molecule has 2 heterocycles. The van der Waals surface area contributed by atoms with E-state index in [0.717, 1.165) is 31.6 Å². The smallest absolute Gasteiger partial charge is 0.228 e. The van der Waals surface area contributed by atoms with Crippen molar-refractivity contribution in [3.05, 3.63) is 41.7 Å². The van der Waals surface area contributed by atoms with Crippen LogP contribution in [-0.2, 0) is 17.9 Å². The Balaban J connectivity index is 1.49. The fourth-order valence-electron chi connectivity index (χ4n) is 2.59. The molecule has 0 spiro atoms. The molecule has 1 aliphatic carbocycles. The molecule has 0 bridgehead atoms. The molecule has 4 rings (SSSR count). The van der Waals surface area contributed by atoms with Crippen LogP contribution in [0.2, 0.25) is 0 Å². The van der Waals surface area contributed by atoms with Crippen LogP contribution < -0.4 is 16.0 Å². The Morgan fingerprint density at radius 1 is 1.09 bits per heavy atom. The van der Waals surface area contributed by atoms with Gasteiger partial charge in [-0.25, -0.2) is 9.97 Å². The van der Waals surface area contributed by atoms with Gasteiger partial charge in [-0.3, -0.25) is 4.79 Å². The summed E-state index contributed by atoms with van der Waals surface area (Å²) in [7, 11) is 0. The van der Waals surface area contributed by atoms with Gasteiger partial charge in [0.1, 0.15) is 18.0 Å². The molecule has 0 radical (unpaired) electrons. The predicted octanol–water partition coefficient (Wildman–Crippen LogP) is 2.17. The second kappa shape index (κ2) is 5.38. The molecule has 0 saturated heterocycles. The van der Waals surface area contributed by atoms with Gasteiger partial charge in [0.15, 0.2) is 0 Å². The van der Waals surface area contributed by atoms with E-state index in [0.29, 0.717) is 11.6 Å². The third kappa shape index (κ3) is 2.78. The normalized spacial score (nSPS) is 16.2. The van der Waals surface area contributed by atoms with Crippen molar-refractivity contribution in [1.82, 2.24) is 15.3 Å². The van der Waals surface area contributed by atoms with E-state index in [1.54, 1.807) is 6.07 Å². The van der Waals surface area contributed by atoms with Crippen LogP contribution >= 0.6 is 0 Å². The molecule has 1 saturated carbocycles. The minimum absolute atomic E-state index is 0.0493. The van der Waals surface area contributed by atoms with Gasteiger partial charge in [-0.15, -0.1) is 0 Å². The van der Waals surface area contributed by atoms with E-state index in [9.17, 15) is 4.79 Å². The summed E-state index contributed by atoms with van der Waals surface area (Å²) < 4.78 is 0. The fraction of sp³-hybridized carbons (Fsp3) is 0.312. The summed E-state index contributed by atoms with van der Waals surface area (Å²) in [5, 5.41) is 9.42. The number of nitrogens with zero attached hydrogens (tertiary/aromatic N) is 2. The van der Waals surface area contributed by atoms with Crippen LogP contribution in [0.15, 0.2) is 30.6 Å². The Labute approximate surface area is 128 Å². The third-order valence-corrected chi connectivity index (χ3v) is 3.98. The summed E-state index contributed by atoms with van der Waals surface area (Å²) in [5.41, 5.74) is 3.63. The van der Waals surface area contributed by atoms with Crippen molar-refractivity contribution >= 4 is 23.2 Å². The van der Waals surface area contributed by atoms with Gasteiger partial charge in [-0.2, -0.15) is 0 Å². The molecule has 1 amide bonds. The summed E-state index contributed by atoms with van der Waals surface area (Å²) in [4.78, 5) is 20.1. The SMILES string of the molecule is O=C(Nc1cc(Nc2ccc3c(c2)CNC3)ncn1)C1CC1. The number of fused-ring (bicyclic) bond motifs is 1. The number of anilines is 3. The first-order valence-corrected chi connectivity index (χ1v) is 7.50. The number of amides is 1. The highest BCUT2D eigenvalue weighted by molar-refractivity contribution is 5.93. The summed E-state index contributed by atoms with van der Waals surface area (Å²) in [6.07, 6.45) is 3.41. The lowest BCUT2D eigenvalue weighted by Gasteiger charge is -2.09. The van der Waals surface area contributed by atoms with Crippen molar-refractivity contribution < 1.29 is 4.79 Å². The van der Waals surface area contributed by atoms with Crippen molar-refractivity contribution in [2.24, 2.45) is 5.92 Å². The zero-order valence-corrected chi connectivity index (χ0v) is 12.1. The zero-order chi connectivity index (χ0) is 14.9. The molecule has 3 N–H and O–H groups in total. The quantitative estimate of drug-likeness (QED) is 0.805. The van der Waals surface area contributed by atoms with E-state index in [2.05, 4.69) is 38.1 Å². The first-order valence-electron chi connectivity index (χ1n) is 7.50. The Morgan fingerprint density at radius 2 is 1.91 bits per heavy atom. The molecule has 6 heteroatoms. The van der Waals surface area contributed by atoms with Gasteiger partial charge in [0.05, 0.1) is 0 Å². The molecule has 6 nitrogen and oxygen atoms in total. The van der Waals surface area contributed by atoms with Crippen molar-refractivity contribution in [2.75, 3.05) is 10.6 Å². The molecule has 22 heavy (non-hydrogen) atoms. The molecule has 112 valence electrons. The highest BCUT2D eigenvalue weighted by atomic mass is 16.2. The standard InChI is InChI=1S/C16H17N5O/c22-16(10-1-2-10)21-15-6-14(18-9-19-15)20-13-4-3-11-7-17-8-12(11)5-13/h3-6,9-10,17H,1-2,7-8H2,(H2,18,19,20,21,22). The number of carbonyl (C=O) groups is 1. The van der Waals surface area contributed by atoms with Crippen LogP contribution in [0.3, 0.4) is 0 Å². The van der Waals surface area contributed by atoms with Crippen LogP contribution in [-0.4, -0.2) is 15.9 Å². The molecule has 1 aromatic carbocycles. The lowest BCUT2D eigenvalue weighted by atomic mass is 10.1. The van der Waals surface area contributed by atoms with Crippen LogP contribution in [0.1, 0.15) is 24.0 Å². The Kier molecular flexibility index (Phi) is 3.23. The minimum atomic E-state index is 0.0493. The number of carbonyl (C=O) groups excluding carboxylic acids is 1. The second-order valence-corrected chi connectivity index (χ2v) is 5.76. The first-order chi connectivity index (χ1) is 10.8. The molecule has 1 aliphatic heterocycles.